The van der Waals surface area contributed by atoms with Crippen molar-refractivity contribution in [1.29, 1.82) is 0 Å². The summed E-state index contributed by atoms with van der Waals surface area (Å²) in [6, 6.07) is 7.95. The minimum Gasteiger partial charge on any atom is -0.491 e. The van der Waals surface area contributed by atoms with Crippen LogP contribution in [0.25, 0.3) is 0 Å². The standard InChI is InChI=1S/C17H21N3O2/c1-10(2)22-14-8-6-5-7-12(14)13-9-15(21)18-17-16(13)11(3)19-20(17)4/h5-8,10,13H,9H2,1-4H3,(H,18,21)/t13-/m0/s1. The van der Waals surface area contributed by atoms with Gasteiger partial charge in [0.05, 0.1) is 11.8 Å². The Labute approximate surface area is 130 Å². The number of para-hydroxylation sites is 1. The Hall–Kier alpha value is -2.30. The van der Waals surface area contributed by atoms with Gasteiger partial charge in [-0.2, -0.15) is 5.10 Å². The third kappa shape index (κ3) is 2.47. The quantitative estimate of drug-likeness (QED) is 0.948. The molecule has 0 fully saturated rings. The zero-order valence-corrected chi connectivity index (χ0v) is 13.4. The van der Waals surface area contributed by atoms with Crippen molar-refractivity contribution in [2.24, 2.45) is 7.05 Å². The number of hydrogen-bond donors (Lipinski definition) is 1. The van der Waals surface area contributed by atoms with Crippen LogP contribution in [0.2, 0.25) is 0 Å². The van der Waals surface area contributed by atoms with E-state index in [1.807, 2.05) is 52.1 Å². The first kappa shape index (κ1) is 14.6. The van der Waals surface area contributed by atoms with E-state index in [1.165, 1.54) is 0 Å². The van der Waals surface area contributed by atoms with Crippen molar-refractivity contribution in [3.63, 3.8) is 0 Å². The molecule has 1 amide bonds. The smallest absolute Gasteiger partial charge is 0.226 e. The number of rotatable bonds is 3. The molecule has 3 rings (SSSR count). The van der Waals surface area contributed by atoms with Gasteiger partial charge in [-0.1, -0.05) is 18.2 Å². The molecule has 1 atom stereocenters. The molecule has 1 aromatic carbocycles. The molecule has 2 aromatic rings. The molecule has 0 saturated heterocycles. The summed E-state index contributed by atoms with van der Waals surface area (Å²) in [6.45, 7) is 5.99. The fraction of sp³-hybridized carbons (Fsp3) is 0.412. The summed E-state index contributed by atoms with van der Waals surface area (Å²) in [5.74, 6) is 1.62. The van der Waals surface area contributed by atoms with E-state index in [9.17, 15) is 4.79 Å². The number of aryl methyl sites for hydroxylation is 2. The van der Waals surface area contributed by atoms with Crippen LogP contribution in [-0.2, 0) is 11.8 Å². The average Bonchev–Trinajstić information content (AvgIpc) is 2.73. The second-order valence-corrected chi connectivity index (χ2v) is 5.98. The van der Waals surface area contributed by atoms with Crippen molar-refractivity contribution in [3.8, 4) is 5.75 Å². The average molecular weight is 299 g/mol. The molecule has 116 valence electrons. The minimum absolute atomic E-state index is 0.0138. The van der Waals surface area contributed by atoms with Gasteiger partial charge in [0.15, 0.2) is 0 Å². The van der Waals surface area contributed by atoms with E-state index in [0.29, 0.717) is 6.42 Å². The molecule has 0 aliphatic carbocycles. The highest BCUT2D eigenvalue weighted by molar-refractivity contribution is 5.94. The van der Waals surface area contributed by atoms with Crippen molar-refractivity contribution in [2.75, 3.05) is 5.32 Å². The second kappa shape index (κ2) is 5.48. The van der Waals surface area contributed by atoms with Gasteiger partial charge in [0.2, 0.25) is 5.91 Å². The number of ether oxygens (including phenoxy) is 1. The lowest BCUT2D eigenvalue weighted by atomic mass is 9.85. The van der Waals surface area contributed by atoms with Crippen LogP contribution in [0.4, 0.5) is 5.82 Å². The summed E-state index contributed by atoms with van der Waals surface area (Å²) in [4.78, 5) is 12.1. The first-order chi connectivity index (χ1) is 10.5. The van der Waals surface area contributed by atoms with Crippen LogP contribution in [0.15, 0.2) is 24.3 Å². The molecule has 0 bridgehead atoms. The number of anilines is 1. The Kier molecular flexibility index (Phi) is 3.64. The summed E-state index contributed by atoms with van der Waals surface area (Å²) >= 11 is 0. The Balaban J connectivity index is 2.12. The monoisotopic (exact) mass is 299 g/mol. The van der Waals surface area contributed by atoms with E-state index >= 15 is 0 Å². The molecule has 1 aromatic heterocycles. The van der Waals surface area contributed by atoms with Gasteiger partial charge in [-0.25, -0.2) is 0 Å². The van der Waals surface area contributed by atoms with Crippen LogP contribution >= 0.6 is 0 Å². The fourth-order valence-electron chi connectivity index (χ4n) is 3.11. The highest BCUT2D eigenvalue weighted by Crippen LogP contribution is 2.42. The highest BCUT2D eigenvalue weighted by atomic mass is 16.5. The van der Waals surface area contributed by atoms with Gasteiger partial charge >= 0.3 is 0 Å². The first-order valence-electron chi connectivity index (χ1n) is 7.56. The lowest BCUT2D eigenvalue weighted by Gasteiger charge is -2.26. The Bertz CT molecular complexity index is 719. The molecule has 0 saturated carbocycles. The van der Waals surface area contributed by atoms with Crippen LogP contribution < -0.4 is 10.1 Å². The minimum atomic E-state index is -0.0209. The molecule has 5 nitrogen and oxygen atoms in total. The van der Waals surface area contributed by atoms with Gasteiger partial charge in [0, 0.05) is 30.5 Å². The van der Waals surface area contributed by atoms with Crippen molar-refractivity contribution in [1.82, 2.24) is 9.78 Å². The predicted octanol–water partition coefficient (Wildman–Crippen LogP) is 2.99. The van der Waals surface area contributed by atoms with Crippen LogP contribution in [0, 0.1) is 6.92 Å². The normalized spacial score (nSPS) is 17.3. The number of hydrogen-bond acceptors (Lipinski definition) is 3. The Morgan fingerprint density at radius 2 is 2.09 bits per heavy atom. The maximum atomic E-state index is 12.1. The van der Waals surface area contributed by atoms with E-state index in [1.54, 1.807) is 4.68 Å². The SMILES string of the molecule is Cc1nn(C)c2c1[C@H](c1ccccc1OC(C)C)CC(=O)N2. The number of aromatic nitrogens is 2. The lowest BCUT2D eigenvalue weighted by molar-refractivity contribution is -0.116. The number of amides is 1. The maximum Gasteiger partial charge on any atom is 0.226 e. The topological polar surface area (TPSA) is 56.2 Å². The number of carbonyl (C=O) groups excluding carboxylic acids is 1. The third-order valence-electron chi connectivity index (χ3n) is 3.92. The van der Waals surface area contributed by atoms with Crippen LogP contribution in [0.1, 0.15) is 43.0 Å². The number of nitrogens with one attached hydrogen (secondary N) is 1. The lowest BCUT2D eigenvalue weighted by Crippen LogP contribution is -2.25. The number of fused-ring (bicyclic) bond motifs is 1. The van der Waals surface area contributed by atoms with Crippen molar-refractivity contribution < 1.29 is 9.53 Å². The molecule has 1 aliphatic heterocycles. The van der Waals surface area contributed by atoms with E-state index in [-0.39, 0.29) is 17.9 Å². The summed E-state index contributed by atoms with van der Waals surface area (Å²) in [6.07, 6.45) is 0.505. The van der Waals surface area contributed by atoms with E-state index in [4.69, 9.17) is 4.74 Å². The molecule has 22 heavy (non-hydrogen) atoms. The maximum absolute atomic E-state index is 12.1. The van der Waals surface area contributed by atoms with Gasteiger partial charge in [0.1, 0.15) is 11.6 Å². The second-order valence-electron chi connectivity index (χ2n) is 5.98. The summed E-state index contributed by atoms with van der Waals surface area (Å²) in [5, 5.41) is 7.38. The van der Waals surface area contributed by atoms with Gasteiger partial charge < -0.3 is 10.1 Å². The molecule has 0 radical (unpaired) electrons. The first-order valence-corrected chi connectivity index (χ1v) is 7.56. The van der Waals surface area contributed by atoms with E-state index in [2.05, 4.69) is 10.4 Å². The Morgan fingerprint density at radius 1 is 1.36 bits per heavy atom. The summed E-state index contributed by atoms with van der Waals surface area (Å²) < 4.78 is 7.67. The molecule has 1 N–H and O–H groups in total. The predicted molar refractivity (Wildman–Crippen MR) is 85.2 cm³/mol. The zero-order valence-electron chi connectivity index (χ0n) is 13.4. The van der Waals surface area contributed by atoms with Gasteiger partial charge in [-0.05, 0) is 26.8 Å². The number of nitrogens with zero attached hydrogens (tertiary/aromatic N) is 2. The van der Waals surface area contributed by atoms with Gasteiger partial charge in [0.25, 0.3) is 0 Å². The third-order valence-corrected chi connectivity index (χ3v) is 3.92. The molecule has 2 heterocycles. The largest absolute Gasteiger partial charge is 0.491 e. The van der Waals surface area contributed by atoms with Crippen molar-refractivity contribution in [2.45, 2.75) is 39.2 Å². The van der Waals surface area contributed by atoms with Crippen LogP contribution in [-0.4, -0.2) is 21.8 Å². The summed E-state index contributed by atoms with van der Waals surface area (Å²) in [5.41, 5.74) is 3.08. The van der Waals surface area contributed by atoms with Crippen LogP contribution in [0.3, 0.4) is 0 Å². The fourth-order valence-corrected chi connectivity index (χ4v) is 3.11. The molecular weight excluding hydrogens is 278 g/mol. The number of benzene rings is 1. The number of carbonyl (C=O) groups is 1. The zero-order chi connectivity index (χ0) is 15.9. The van der Waals surface area contributed by atoms with E-state index in [0.717, 1.165) is 28.4 Å². The van der Waals surface area contributed by atoms with Crippen molar-refractivity contribution in [3.05, 3.63) is 41.1 Å². The Morgan fingerprint density at radius 3 is 2.82 bits per heavy atom. The van der Waals surface area contributed by atoms with E-state index < -0.39 is 0 Å². The highest BCUT2D eigenvalue weighted by Gasteiger charge is 2.33. The van der Waals surface area contributed by atoms with Crippen molar-refractivity contribution >= 4 is 11.7 Å². The molecule has 0 unspecified atom stereocenters. The van der Waals surface area contributed by atoms with Crippen LogP contribution in [0.5, 0.6) is 5.75 Å². The molecule has 0 spiro atoms. The van der Waals surface area contributed by atoms with Gasteiger partial charge in [-0.3, -0.25) is 9.48 Å². The molecular formula is C17H21N3O2. The molecule has 1 aliphatic rings. The van der Waals surface area contributed by atoms with Gasteiger partial charge in [-0.15, -0.1) is 0 Å². The molecule has 5 heteroatoms. The summed E-state index contributed by atoms with van der Waals surface area (Å²) in [7, 11) is 1.85.